The fourth-order valence-electron chi connectivity index (χ4n) is 2.99. The Labute approximate surface area is 161 Å². The normalized spacial score (nSPS) is 18.3. The minimum Gasteiger partial charge on any atom is -0.497 e. The van der Waals surface area contributed by atoms with Gasteiger partial charge in [-0.05, 0) is 24.6 Å². The van der Waals surface area contributed by atoms with E-state index in [1.807, 2.05) is 60.1 Å². The van der Waals surface area contributed by atoms with Crippen molar-refractivity contribution in [3.8, 4) is 5.75 Å². The van der Waals surface area contributed by atoms with E-state index in [4.69, 9.17) is 4.74 Å². The molecule has 0 radical (unpaired) electrons. The number of fused-ring (bicyclic) bond motifs is 1. The molecule has 2 heterocycles. The quantitative estimate of drug-likeness (QED) is 0.723. The van der Waals surface area contributed by atoms with Gasteiger partial charge in [0.15, 0.2) is 0 Å². The minimum absolute atomic E-state index is 0.110. The predicted molar refractivity (Wildman–Crippen MR) is 105 cm³/mol. The maximum Gasteiger partial charge on any atom is 0.240 e. The van der Waals surface area contributed by atoms with E-state index in [-0.39, 0.29) is 11.9 Å². The standard InChI is InChI=1S/C19H19N5O2S/c1-12-21-22-19-24(12)23-16(13-7-4-3-5-8-13)17(27-19)18(25)20-14-9-6-10-15(11-14)26-2/h3-11,16-17,23H,1-2H3,(H,20,25)/t16-,17+/m1/s1. The van der Waals surface area contributed by atoms with Gasteiger partial charge in [0.25, 0.3) is 0 Å². The molecule has 7 nitrogen and oxygen atoms in total. The molecular weight excluding hydrogens is 362 g/mol. The highest BCUT2D eigenvalue weighted by molar-refractivity contribution is 8.00. The largest absolute Gasteiger partial charge is 0.497 e. The molecule has 1 aliphatic heterocycles. The van der Waals surface area contributed by atoms with Gasteiger partial charge in [-0.2, -0.15) is 0 Å². The molecule has 1 amide bonds. The molecule has 0 bridgehead atoms. The predicted octanol–water partition coefficient (Wildman–Crippen LogP) is 2.99. The molecule has 27 heavy (non-hydrogen) atoms. The fraction of sp³-hybridized carbons (Fsp3) is 0.211. The van der Waals surface area contributed by atoms with Crippen LogP contribution < -0.4 is 15.5 Å². The summed E-state index contributed by atoms with van der Waals surface area (Å²) in [7, 11) is 1.60. The van der Waals surface area contributed by atoms with E-state index in [9.17, 15) is 4.79 Å². The number of aryl methyl sites for hydroxylation is 1. The SMILES string of the molecule is COc1cccc(NC(=O)[C@H]2Sc3nnc(C)n3N[C@@H]2c2ccccc2)c1. The molecule has 1 aliphatic rings. The van der Waals surface area contributed by atoms with Gasteiger partial charge in [0.1, 0.15) is 16.8 Å². The maximum absolute atomic E-state index is 13.1. The van der Waals surface area contributed by atoms with Gasteiger partial charge in [0.2, 0.25) is 11.1 Å². The molecule has 0 fully saturated rings. The number of benzene rings is 2. The Kier molecular flexibility index (Phi) is 4.72. The van der Waals surface area contributed by atoms with Gasteiger partial charge in [-0.25, -0.2) is 4.68 Å². The average molecular weight is 381 g/mol. The monoisotopic (exact) mass is 381 g/mol. The maximum atomic E-state index is 13.1. The molecule has 0 unspecified atom stereocenters. The summed E-state index contributed by atoms with van der Waals surface area (Å²) < 4.78 is 7.06. The number of hydrogen-bond donors (Lipinski definition) is 2. The van der Waals surface area contributed by atoms with Crippen LogP contribution in [-0.2, 0) is 4.79 Å². The molecule has 138 valence electrons. The van der Waals surface area contributed by atoms with Crippen LogP contribution in [0.15, 0.2) is 59.8 Å². The van der Waals surface area contributed by atoms with Crippen molar-refractivity contribution in [1.82, 2.24) is 14.9 Å². The van der Waals surface area contributed by atoms with Crippen molar-refractivity contribution in [2.24, 2.45) is 0 Å². The van der Waals surface area contributed by atoms with E-state index in [0.29, 0.717) is 16.6 Å². The van der Waals surface area contributed by atoms with Crippen LogP contribution in [0.5, 0.6) is 5.75 Å². The number of thioether (sulfide) groups is 1. The summed E-state index contributed by atoms with van der Waals surface area (Å²) in [5, 5.41) is 11.5. The number of nitrogens with one attached hydrogen (secondary N) is 2. The smallest absolute Gasteiger partial charge is 0.240 e. The number of amides is 1. The van der Waals surface area contributed by atoms with Crippen molar-refractivity contribution in [3.05, 3.63) is 66.0 Å². The van der Waals surface area contributed by atoms with Crippen LogP contribution >= 0.6 is 11.8 Å². The first-order valence-electron chi connectivity index (χ1n) is 8.51. The number of anilines is 1. The van der Waals surface area contributed by atoms with Crippen molar-refractivity contribution in [2.45, 2.75) is 23.4 Å². The molecule has 2 aromatic carbocycles. The second-order valence-electron chi connectivity index (χ2n) is 6.14. The number of ether oxygens (including phenoxy) is 1. The van der Waals surface area contributed by atoms with Gasteiger partial charge in [-0.15, -0.1) is 10.2 Å². The summed E-state index contributed by atoms with van der Waals surface area (Å²) >= 11 is 1.40. The van der Waals surface area contributed by atoms with Crippen LogP contribution in [0.25, 0.3) is 0 Å². The summed E-state index contributed by atoms with van der Waals surface area (Å²) in [6.07, 6.45) is 0. The Balaban J connectivity index is 1.64. The van der Waals surface area contributed by atoms with Crippen molar-refractivity contribution >= 4 is 23.4 Å². The number of carbonyl (C=O) groups excluding carboxylic acids is 1. The Hall–Kier alpha value is -3.00. The molecule has 1 aromatic heterocycles. The van der Waals surface area contributed by atoms with E-state index in [1.165, 1.54) is 11.8 Å². The third-order valence-corrected chi connectivity index (χ3v) is 5.57. The Bertz CT molecular complexity index is 960. The Morgan fingerprint density at radius 1 is 1.19 bits per heavy atom. The lowest BCUT2D eigenvalue weighted by Crippen LogP contribution is -2.41. The molecule has 0 saturated heterocycles. The number of nitrogens with zero attached hydrogens (tertiary/aromatic N) is 3. The molecular formula is C19H19N5O2S. The van der Waals surface area contributed by atoms with Gasteiger partial charge in [0, 0.05) is 11.8 Å². The molecule has 0 aliphatic carbocycles. The third kappa shape index (κ3) is 3.48. The second kappa shape index (κ2) is 7.32. The van der Waals surface area contributed by atoms with Gasteiger partial charge in [0.05, 0.1) is 13.2 Å². The average Bonchev–Trinajstić information content (AvgIpc) is 3.08. The molecule has 2 atom stereocenters. The molecule has 0 saturated carbocycles. The van der Waals surface area contributed by atoms with Crippen molar-refractivity contribution in [2.75, 3.05) is 17.9 Å². The summed E-state index contributed by atoms with van der Waals surface area (Å²) in [5.74, 6) is 1.34. The zero-order chi connectivity index (χ0) is 18.8. The van der Waals surface area contributed by atoms with Crippen molar-refractivity contribution in [3.63, 3.8) is 0 Å². The first-order chi connectivity index (χ1) is 13.2. The van der Waals surface area contributed by atoms with Gasteiger partial charge >= 0.3 is 0 Å². The van der Waals surface area contributed by atoms with E-state index in [0.717, 1.165) is 11.4 Å². The zero-order valence-corrected chi connectivity index (χ0v) is 15.7. The number of rotatable bonds is 4. The van der Waals surface area contributed by atoms with Crippen LogP contribution in [0.1, 0.15) is 17.4 Å². The summed E-state index contributed by atoms with van der Waals surface area (Å²) in [6, 6.07) is 17.0. The number of methoxy groups -OCH3 is 1. The summed E-state index contributed by atoms with van der Waals surface area (Å²) in [6.45, 7) is 1.88. The van der Waals surface area contributed by atoms with Crippen molar-refractivity contribution < 1.29 is 9.53 Å². The summed E-state index contributed by atoms with van der Waals surface area (Å²) in [5.41, 5.74) is 5.10. The lowest BCUT2D eigenvalue weighted by molar-refractivity contribution is -0.116. The highest BCUT2D eigenvalue weighted by Crippen LogP contribution is 2.37. The van der Waals surface area contributed by atoms with Crippen LogP contribution in [0, 0.1) is 6.92 Å². The van der Waals surface area contributed by atoms with Gasteiger partial charge < -0.3 is 15.5 Å². The van der Waals surface area contributed by atoms with Crippen LogP contribution in [0.4, 0.5) is 5.69 Å². The highest BCUT2D eigenvalue weighted by atomic mass is 32.2. The molecule has 4 rings (SSSR count). The fourth-order valence-corrected chi connectivity index (χ4v) is 4.11. The van der Waals surface area contributed by atoms with Crippen molar-refractivity contribution in [1.29, 1.82) is 0 Å². The van der Waals surface area contributed by atoms with Gasteiger partial charge in [-0.1, -0.05) is 48.2 Å². The first-order valence-corrected chi connectivity index (χ1v) is 9.39. The molecule has 8 heteroatoms. The third-order valence-electron chi connectivity index (χ3n) is 4.35. The Morgan fingerprint density at radius 2 is 2.00 bits per heavy atom. The molecule has 3 aromatic rings. The van der Waals surface area contributed by atoms with E-state index in [1.54, 1.807) is 13.2 Å². The van der Waals surface area contributed by atoms with Crippen LogP contribution in [0.2, 0.25) is 0 Å². The van der Waals surface area contributed by atoms with Crippen LogP contribution in [0.3, 0.4) is 0 Å². The topological polar surface area (TPSA) is 81.1 Å². The molecule has 2 N–H and O–H groups in total. The second-order valence-corrected chi connectivity index (χ2v) is 7.25. The van der Waals surface area contributed by atoms with E-state index >= 15 is 0 Å². The van der Waals surface area contributed by atoms with Gasteiger partial charge in [-0.3, -0.25) is 4.79 Å². The zero-order valence-electron chi connectivity index (χ0n) is 14.9. The lowest BCUT2D eigenvalue weighted by atomic mass is 10.0. The lowest BCUT2D eigenvalue weighted by Gasteiger charge is -2.32. The Morgan fingerprint density at radius 3 is 2.78 bits per heavy atom. The minimum atomic E-state index is -0.408. The van der Waals surface area contributed by atoms with Crippen LogP contribution in [-0.4, -0.2) is 33.1 Å². The summed E-state index contributed by atoms with van der Waals surface area (Å²) in [4.78, 5) is 13.1. The number of hydrogen-bond acceptors (Lipinski definition) is 6. The first kappa shape index (κ1) is 17.4. The highest BCUT2D eigenvalue weighted by Gasteiger charge is 2.37. The van der Waals surface area contributed by atoms with E-state index in [2.05, 4.69) is 20.9 Å². The number of aromatic nitrogens is 3. The van der Waals surface area contributed by atoms with E-state index < -0.39 is 5.25 Å². The molecule has 0 spiro atoms. The number of carbonyl (C=O) groups is 1.